The Hall–Kier alpha value is -1.60. The van der Waals surface area contributed by atoms with E-state index in [4.69, 9.17) is 9.15 Å². The molecule has 0 amide bonds. The molecule has 7 heteroatoms. The molecule has 6 nitrogen and oxygen atoms in total. The van der Waals surface area contributed by atoms with Crippen LogP contribution in [0.15, 0.2) is 22.6 Å². The number of aromatic nitrogens is 1. The number of nitrogens with zero attached hydrogens (tertiary/aromatic N) is 2. The average Bonchev–Trinajstić information content (AvgIpc) is 2.80. The van der Waals surface area contributed by atoms with Crippen molar-refractivity contribution in [1.29, 1.82) is 0 Å². The molecule has 2 rings (SSSR count). The lowest BCUT2D eigenvalue weighted by atomic mass is 10.3. The van der Waals surface area contributed by atoms with Crippen LogP contribution in [-0.2, 0) is 10.5 Å². The maximum atomic E-state index is 10.7. The number of nitro benzene ring substituents is 1. The molecule has 0 unspecified atom stereocenters. The fraction of sp³-hybridized carbons (Fsp3) is 0.417. The van der Waals surface area contributed by atoms with Gasteiger partial charge in [-0.1, -0.05) is 0 Å². The van der Waals surface area contributed by atoms with Gasteiger partial charge < -0.3 is 9.15 Å². The van der Waals surface area contributed by atoms with Gasteiger partial charge in [0.1, 0.15) is 5.52 Å². The molecule has 0 fully saturated rings. The first-order chi connectivity index (χ1) is 9.20. The monoisotopic (exact) mass is 282 g/mol. The molecule has 0 aliphatic rings. The standard InChI is InChI=1S/C12H14N2O4S/c1-2-17-5-6-19-8-12-13-10-7-9(14(15)16)3-4-11(10)18-12/h3-4,7H,2,5-6,8H2,1H3. The predicted molar refractivity (Wildman–Crippen MR) is 73.3 cm³/mol. The Morgan fingerprint density at radius 3 is 3.11 bits per heavy atom. The molecule has 0 radical (unpaired) electrons. The van der Waals surface area contributed by atoms with E-state index < -0.39 is 4.92 Å². The number of non-ortho nitro benzene ring substituents is 1. The molecule has 0 aliphatic carbocycles. The van der Waals surface area contributed by atoms with Crippen molar-refractivity contribution in [2.75, 3.05) is 19.0 Å². The number of benzene rings is 1. The fourth-order valence-corrected chi connectivity index (χ4v) is 2.24. The van der Waals surface area contributed by atoms with Crippen molar-refractivity contribution in [3.05, 3.63) is 34.2 Å². The van der Waals surface area contributed by atoms with E-state index >= 15 is 0 Å². The Labute approximate surface area is 114 Å². The Morgan fingerprint density at radius 2 is 2.37 bits per heavy atom. The van der Waals surface area contributed by atoms with E-state index in [1.54, 1.807) is 17.8 Å². The predicted octanol–water partition coefficient (Wildman–Crippen LogP) is 3.01. The van der Waals surface area contributed by atoms with Crippen LogP contribution in [-0.4, -0.2) is 28.9 Å². The maximum absolute atomic E-state index is 10.7. The van der Waals surface area contributed by atoms with E-state index in [-0.39, 0.29) is 5.69 Å². The molecule has 0 saturated heterocycles. The van der Waals surface area contributed by atoms with Gasteiger partial charge in [-0.05, 0) is 13.0 Å². The topological polar surface area (TPSA) is 78.4 Å². The third-order valence-electron chi connectivity index (χ3n) is 2.43. The zero-order valence-electron chi connectivity index (χ0n) is 10.5. The smallest absolute Gasteiger partial charge is 0.271 e. The zero-order valence-corrected chi connectivity index (χ0v) is 11.3. The van der Waals surface area contributed by atoms with E-state index in [0.29, 0.717) is 36.0 Å². The molecule has 0 aliphatic heterocycles. The van der Waals surface area contributed by atoms with Crippen LogP contribution in [0.4, 0.5) is 5.69 Å². The normalized spacial score (nSPS) is 11.0. The third kappa shape index (κ3) is 3.68. The number of oxazole rings is 1. The quantitative estimate of drug-likeness (QED) is 0.441. The average molecular weight is 282 g/mol. The Bertz CT molecular complexity index is 570. The van der Waals surface area contributed by atoms with Crippen LogP contribution in [0.5, 0.6) is 0 Å². The molecule has 102 valence electrons. The highest BCUT2D eigenvalue weighted by molar-refractivity contribution is 7.98. The van der Waals surface area contributed by atoms with E-state index in [0.717, 1.165) is 5.75 Å². The summed E-state index contributed by atoms with van der Waals surface area (Å²) in [5, 5.41) is 10.7. The lowest BCUT2D eigenvalue weighted by Crippen LogP contribution is -1.96. The molecule has 19 heavy (non-hydrogen) atoms. The first kappa shape index (κ1) is 13.8. The van der Waals surface area contributed by atoms with Crippen molar-refractivity contribution in [1.82, 2.24) is 4.98 Å². The Balaban J connectivity index is 1.99. The van der Waals surface area contributed by atoms with Crippen molar-refractivity contribution in [2.45, 2.75) is 12.7 Å². The van der Waals surface area contributed by atoms with Gasteiger partial charge in [-0.15, -0.1) is 11.8 Å². The number of rotatable bonds is 7. The zero-order chi connectivity index (χ0) is 13.7. The molecular formula is C12H14N2O4S. The molecule has 0 saturated carbocycles. The lowest BCUT2D eigenvalue weighted by molar-refractivity contribution is -0.384. The molecule has 1 heterocycles. The molecule has 0 bridgehead atoms. The number of fused-ring (bicyclic) bond motifs is 1. The summed E-state index contributed by atoms with van der Waals surface area (Å²) in [6, 6.07) is 4.42. The summed E-state index contributed by atoms with van der Waals surface area (Å²) in [6.45, 7) is 3.37. The fourth-order valence-electron chi connectivity index (χ4n) is 1.56. The van der Waals surface area contributed by atoms with Crippen LogP contribution in [0.25, 0.3) is 11.1 Å². The summed E-state index contributed by atoms with van der Waals surface area (Å²) in [6.07, 6.45) is 0. The van der Waals surface area contributed by atoms with Gasteiger partial charge in [0.25, 0.3) is 5.69 Å². The van der Waals surface area contributed by atoms with Crippen molar-refractivity contribution < 1.29 is 14.1 Å². The summed E-state index contributed by atoms with van der Waals surface area (Å²) in [4.78, 5) is 14.5. The Morgan fingerprint density at radius 1 is 1.53 bits per heavy atom. The molecule has 0 spiro atoms. The number of ether oxygens (including phenoxy) is 1. The van der Waals surface area contributed by atoms with Crippen molar-refractivity contribution in [2.24, 2.45) is 0 Å². The van der Waals surface area contributed by atoms with Crippen LogP contribution in [0, 0.1) is 10.1 Å². The molecule has 1 aromatic heterocycles. The van der Waals surface area contributed by atoms with E-state index in [1.165, 1.54) is 12.1 Å². The summed E-state index contributed by atoms with van der Waals surface area (Å²) in [5.41, 5.74) is 1.12. The highest BCUT2D eigenvalue weighted by Crippen LogP contribution is 2.23. The summed E-state index contributed by atoms with van der Waals surface area (Å²) < 4.78 is 10.7. The summed E-state index contributed by atoms with van der Waals surface area (Å²) >= 11 is 1.66. The highest BCUT2D eigenvalue weighted by Gasteiger charge is 2.11. The Kier molecular flexibility index (Phi) is 4.75. The minimum absolute atomic E-state index is 0.0244. The van der Waals surface area contributed by atoms with Crippen LogP contribution in [0.3, 0.4) is 0 Å². The van der Waals surface area contributed by atoms with Crippen molar-refractivity contribution in [3.8, 4) is 0 Å². The molecule has 0 N–H and O–H groups in total. The molecular weight excluding hydrogens is 268 g/mol. The first-order valence-electron chi connectivity index (χ1n) is 5.90. The van der Waals surface area contributed by atoms with Gasteiger partial charge in [0.05, 0.1) is 17.3 Å². The van der Waals surface area contributed by atoms with Gasteiger partial charge in [0.2, 0.25) is 5.89 Å². The second-order valence-electron chi connectivity index (χ2n) is 3.77. The first-order valence-corrected chi connectivity index (χ1v) is 7.05. The summed E-state index contributed by atoms with van der Waals surface area (Å²) in [5.74, 6) is 2.08. The molecule has 0 atom stereocenters. The van der Waals surface area contributed by atoms with Gasteiger partial charge in [-0.2, -0.15) is 0 Å². The number of hydrogen-bond donors (Lipinski definition) is 0. The van der Waals surface area contributed by atoms with Crippen LogP contribution < -0.4 is 0 Å². The summed E-state index contributed by atoms with van der Waals surface area (Å²) in [7, 11) is 0. The van der Waals surface area contributed by atoms with Gasteiger partial charge in [0, 0.05) is 24.5 Å². The van der Waals surface area contributed by atoms with Gasteiger partial charge in [-0.3, -0.25) is 10.1 Å². The van der Waals surface area contributed by atoms with Crippen molar-refractivity contribution in [3.63, 3.8) is 0 Å². The second-order valence-corrected chi connectivity index (χ2v) is 4.87. The molecule has 1 aromatic carbocycles. The van der Waals surface area contributed by atoms with Gasteiger partial charge in [-0.25, -0.2) is 4.98 Å². The minimum Gasteiger partial charge on any atom is -0.440 e. The lowest BCUT2D eigenvalue weighted by Gasteiger charge is -1.98. The molecule has 2 aromatic rings. The van der Waals surface area contributed by atoms with Crippen molar-refractivity contribution >= 4 is 28.5 Å². The maximum Gasteiger partial charge on any atom is 0.271 e. The van der Waals surface area contributed by atoms with E-state index in [1.807, 2.05) is 6.92 Å². The van der Waals surface area contributed by atoms with Gasteiger partial charge >= 0.3 is 0 Å². The van der Waals surface area contributed by atoms with Crippen LogP contribution in [0.2, 0.25) is 0 Å². The van der Waals surface area contributed by atoms with Crippen LogP contribution >= 0.6 is 11.8 Å². The minimum atomic E-state index is -0.440. The van der Waals surface area contributed by atoms with Crippen LogP contribution in [0.1, 0.15) is 12.8 Å². The SMILES string of the molecule is CCOCCSCc1nc2cc([N+](=O)[O-])ccc2o1. The van der Waals surface area contributed by atoms with Gasteiger partial charge in [0.15, 0.2) is 5.58 Å². The number of nitro groups is 1. The number of hydrogen-bond acceptors (Lipinski definition) is 6. The number of thioether (sulfide) groups is 1. The third-order valence-corrected chi connectivity index (χ3v) is 3.33. The highest BCUT2D eigenvalue weighted by atomic mass is 32.2. The second kappa shape index (κ2) is 6.53. The largest absolute Gasteiger partial charge is 0.440 e. The van der Waals surface area contributed by atoms with E-state index in [9.17, 15) is 10.1 Å². The van der Waals surface area contributed by atoms with E-state index in [2.05, 4.69) is 4.98 Å².